The summed E-state index contributed by atoms with van der Waals surface area (Å²) >= 11 is 6.11. The molecule has 2 aromatic rings. The fourth-order valence-electron chi connectivity index (χ4n) is 1.71. The van der Waals surface area contributed by atoms with E-state index in [4.69, 9.17) is 16.7 Å². The number of benzene rings is 2. The first kappa shape index (κ1) is 12.1. The number of halogens is 2. The van der Waals surface area contributed by atoms with E-state index in [0.29, 0.717) is 11.4 Å². The van der Waals surface area contributed by atoms with Crippen molar-refractivity contribution in [1.82, 2.24) is 0 Å². The molecule has 0 saturated heterocycles. The third-order valence-electron chi connectivity index (χ3n) is 2.59. The summed E-state index contributed by atoms with van der Waals surface area (Å²) in [7, 11) is 0. The van der Waals surface area contributed by atoms with Crippen molar-refractivity contribution in [3.63, 3.8) is 0 Å². The molecule has 0 aromatic heterocycles. The van der Waals surface area contributed by atoms with Crippen molar-refractivity contribution in [1.29, 1.82) is 0 Å². The summed E-state index contributed by atoms with van der Waals surface area (Å²) in [6.07, 6.45) is 0.589. The first-order valence-corrected chi connectivity index (χ1v) is 5.74. The van der Waals surface area contributed by atoms with Crippen molar-refractivity contribution in [3.8, 4) is 11.1 Å². The smallest absolute Gasteiger partial charge is 0.123 e. The molecule has 2 rings (SSSR count). The third kappa shape index (κ3) is 2.84. The van der Waals surface area contributed by atoms with Crippen LogP contribution >= 0.6 is 11.6 Å². The zero-order valence-electron chi connectivity index (χ0n) is 9.16. The van der Waals surface area contributed by atoms with Crippen LogP contribution in [0, 0.1) is 5.82 Å². The lowest BCUT2D eigenvalue weighted by molar-refractivity contribution is 0.299. The topological polar surface area (TPSA) is 20.2 Å². The Bertz CT molecular complexity index is 508. The lowest BCUT2D eigenvalue weighted by Gasteiger charge is -2.07. The normalized spacial score (nSPS) is 10.5. The number of aliphatic hydroxyl groups excluding tert-OH is 1. The highest BCUT2D eigenvalue weighted by Crippen LogP contribution is 2.29. The summed E-state index contributed by atoms with van der Waals surface area (Å²) in [5.74, 6) is -0.267. The molecule has 2 aromatic carbocycles. The summed E-state index contributed by atoms with van der Waals surface area (Å²) < 4.78 is 12.8. The van der Waals surface area contributed by atoms with E-state index in [1.165, 1.54) is 12.1 Å². The second-order valence-corrected chi connectivity index (χ2v) is 4.20. The van der Waals surface area contributed by atoms with Gasteiger partial charge in [-0.3, -0.25) is 0 Å². The maximum Gasteiger partial charge on any atom is 0.123 e. The van der Waals surface area contributed by atoms with Crippen LogP contribution in [-0.2, 0) is 6.42 Å². The number of rotatable bonds is 3. The predicted octanol–water partition coefficient (Wildman–Crippen LogP) is 3.68. The Hall–Kier alpha value is -1.38. The van der Waals surface area contributed by atoms with Crippen molar-refractivity contribution < 1.29 is 9.50 Å². The molecular weight excluding hydrogens is 239 g/mol. The third-order valence-corrected chi connectivity index (χ3v) is 2.92. The zero-order valence-corrected chi connectivity index (χ0v) is 9.91. The van der Waals surface area contributed by atoms with Gasteiger partial charge in [0.2, 0.25) is 0 Å². The van der Waals surface area contributed by atoms with Crippen LogP contribution in [0.2, 0.25) is 5.02 Å². The first-order valence-electron chi connectivity index (χ1n) is 5.36. The van der Waals surface area contributed by atoms with E-state index in [-0.39, 0.29) is 12.4 Å². The largest absolute Gasteiger partial charge is 0.396 e. The average molecular weight is 251 g/mol. The molecule has 0 aliphatic heterocycles. The molecule has 17 heavy (non-hydrogen) atoms. The minimum Gasteiger partial charge on any atom is -0.396 e. The van der Waals surface area contributed by atoms with E-state index < -0.39 is 0 Å². The van der Waals surface area contributed by atoms with Gasteiger partial charge in [-0.15, -0.1) is 0 Å². The van der Waals surface area contributed by atoms with E-state index >= 15 is 0 Å². The number of hydrogen-bond donors (Lipinski definition) is 1. The highest BCUT2D eigenvalue weighted by molar-refractivity contribution is 6.33. The predicted molar refractivity (Wildman–Crippen MR) is 67.6 cm³/mol. The van der Waals surface area contributed by atoms with Gasteiger partial charge in [0.1, 0.15) is 5.82 Å². The van der Waals surface area contributed by atoms with E-state index in [1.54, 1.807) is 18.2 Å². The minimum atomic E-state index is -0.267. The molecule has 1 N–H and O–H groups in total. The molecule has 0 unspecified atom stereocenters. The Labute approximate surface area is 104 Å². The molecule has 1 nitrogen and oxygen atoms in total. The highest BCUT2D eigenvalue weighted by atomic mass is 35.5. The Morgan fingerprint density at radius 1 is 1.06 bits per heavy atom. The van der Waals surface area contributed by atoms with Crippen LogP contribution < -0.4 is 0 Å². The van der Waals surface area contributed by atoms with E-state index in [0.717, 1.165) is 16.7 Å². The standard InChI is InChI=1S/C14H12ClFO/c15-14-6-1-10(7-8-17)9-13(14)11-2-4-12(16)5-3-11/h1-6,9,17H,7-8H2. The molecule has 0 bridgehead atoms. The fraction of sp³-hybridized carbons (Fsp3) is 0.143. The van der Waals surface area contributed by atoms with Gasteiger partial charge in [0, 0.05) is 17.2 Å². The molecule has 0 aliphatic carbocycles. The van der Waals surface area contributed by atoms with Crippen molar-refractivity contribution in [2.45, 2.75) is 6.42 Å². The van der Waals surface area contributed by atoms with Crippen molar-refractivity contribution >= 4 is 11.6 Å². The molecule has 0 amide bonds. The summed E-state index contributed by atoms with van der Waals surface area (Å²) in [4.78, 5) is 0. The van der Waals surface area contributed by atoms with Crippen LogP contribution in [0.4, 0.5) is 4.39 Å². The van der Waals surface area contributed by atoms with Gasteiger partial charge in [-0.2, -0.15) is 0 Å². The van der Waals surface area contributed by atoms with Crippen molar-refractivity contribution in [2.75, 3.05) is 6.61 Å². The molecule has 3 heteroatoms. The Kier molecular flexibility index (Phi) is 3.77. The minimum absolute atomic E-state index is 0.102. The number of hydrogen-bond acceptors (Lipinski definition) is 1. The molecular formula is C14H12ClFO. The monoisotopic (exact) mass is 250 g/mol. The van der Waals surface area contributed by atoms with Crippen LogP contribution in [0.5, 0.6) is 0 Å². The maximum atomic E-state index is 12.8. The summed E-state index contributed by atoms with van der Waals surface area (Å²) in [5.41, 5.74) is 2.74. The average Bonchev–Trinajstić information content (AvgIpc) is 2.33. The van der Waals surface area contributed by atoms with E-state index in [9.17, 15) is 4.39 Å². The summed E-state index contributed by atoms with van der Waals surface area (Å²) in [6, 6.07) is 11.8. The number of aliphatic hydroxyl groups is 1. The molecule has 0 fully saturated rings. The quantitative estimate of drug-likeness (QED) is 0.881. The lowest BCUT2D eigenvalue weighted by atomic mass is 10.0. The Morgan fingerprint density at radius 3 is 2.41 bits per heavy atom. The molecule has 0 heterocycles. The van der Waals surface area contributed by atoms with Gasteiger partial charge >= 0.3 is 0 Å². The molecule has 0 atom stereocenters. The second kappa shape index (κ2) is 5.30. The SMILES string of the molecule is OCCc1ccc(Cl)c(-c2ccc(F)cc2)c1. The van der Waals surface area contributed by atoms with Gasteiger partial charge in [0.15, 0.2) is 0 Å². The second-order valence-electron chi connectivity index (χ2n) is 3.79. The molecule has 0 spiro atoms. The fourth-order valence-corrected chi connectivity index (χ4v) is 1.93. The zero-order chi connectivity index (χ0) is 12.3. The van der Waals surface area contributed by atoms with Gasteiger partial charge in [0.25, 0.3) is 0 Å². The van der Waals surface area contributed by atoms with Crippen LogP contribution in [0.15, 0.2) is 42.5 Å². The van der Waals surface area contributed by atoms with Gasteiger partial charge in [-0.25, -0.2) is 4.39 Å². The maximum absolute atomic E-state index is 12.8. The van der Waals surface area contributed by atoms with Crippen LogP contribution in [0.25, 0.3) is 11.1 Å². The molecule has 0 radical (unpaired) electrons. The first-order chi connectivity index (χ1) is 8.20. The molecule has 88 valence electrons. The van der Waals surface area contributed by atoms with Crippen LogP contribution in [0.3, 0.4) is 0 Å². The van der Waals surface area contributed by atoms with Crippen molar-refractivity contribution in [2.24, 2.45) is 0 Å². The van der Waals surface area contributed by atoms with E-state index in [2.05, 4.69) is 0 Å². The Morgan fingerprint density at radius 2 is 1.76 bits per heavy atom. The molecule has 0 aliphatic rings. The van der Waals surface area contributed by atoms with Crippen LogP contribution in [0.1, 0.15) is 5.56 Å². The summed E-state index contributed by atoms with van der Waals surface area (Å²) in [5, 5.41) is 9.53. The van der Waals surface area contributed by atoms with Crippen molar-refractivity contribution in [3.05, 3.63) is 58.9 Å². The van der Waals surface area contributed by atoms with Gasteiger partial charge in [-0.05, 0) is 41.8 Å². The van der Waals surface area contributed by atoms with Gasteiger partial charge in [-0.1, -0.05) is 29.8 Å². The Balaban J connectivity index is 2.42. The van der Waals surface area contributed by atoms with E-state index in [1.807, 2.05) is 12.1 Å². The lowest BCUT2D eigenvalue weighted by Crippen LogP contribution is -1.91. The van der Waals surface area contributed by atoms with Gasteiger partial charge < -0.3 is 5.11 Å². The van der Waals surface area contributed by atoms with Crippen LogP contribution in [-0.4, -0.2) is 11.7 Å². The van der Waals surface area contributed by atoms with Gasteiger partial charge in [0.05, 0.1) is 0 Å². The summed E-state index contributed by atoms with van der Waals surface area (Å²) in [6.45, 7) is 0.102. The highest BCUT2D eigenvalue weighted by Gasteiger charge is 2.05. The molecule has 0 saturated carbocycles.